The molecule has 0 saturated carbocycles. The Kier molecular flexibility index (Phi) is 3.58. The predicted octanol–water partition coefficient (Wildman–Crippen LogP) is 3.36. The van der Waals surface area contributed by atoms with Gasteiger partial charge in [0, 0.05) is 18.3 Å². The van der Waals surface area contributed by atoms with E-state index < -0.39 is 0 Å². The van der Waals surface area contributed by atoms with Crippen LogP contribution in [0.5, 0.6) is 0 Å². The maximum Gasteiger partial charge on any atom is 0.258 e. The Morgan fingerprint density at radius 2 is 2.14 bits per heavy atom. The number of fused-ring (bicyclic) bond motifs is 1. The zero-order valence-corrected chi connectivity index (χ0v) is 12.1. The van der Waals surface area contributed by atoms with E-state index in [1.807, 2.05) is 35.8 Å². The number of aromatic nitrogens is 3. The van der Waals surface area contributed by atoms with Crippen LogP contribution >= 0.6 is 11.6 Å². The van der Waals surface area contributed by atoms with Crippen LogP contribution in [0.15, 0.2) is 42.6 Å². The second-order valence-corrected chi connectivity index (χ2v) is 4.88. The lowest BCUT2D eigenvalue weighted by Crippen LogP contribution is -2.15. The summed E-state index contributed by atoms with van der Waals surface area (Å²) in [6.45, 7) is 2.72. The number of rotatable bonds is 3. The zero-order valence-electron chi connectivity index (χ0n) is 11.4. The van der Waals surface area contributed by atoms with Crippen molar-refractivity contribution >= 4 is 34.5 Å². The highest BCUT2D eigenvalue weighted by molar-refractivity contribution is 6.29. The van der Waals surface area contributed by atoms with Gasteiger partial charge in [0.2, 0.25) is 5.95 Å². The first kappa shape index (κ1) is 13.6. The van der Waals surface area contributed by atoms with Crippen LogP contribution in [-0.2, 0) is 6.54 Å². The largest absolute Gasteiger partial charge is 0.310 e. The molecule has 3 rings (SSSR count). The molecule has 0 aliphatic rings. The number of carbonyl (C=O) groups is 1. The van der Waals surface area contributed by atoms with Crippen molar-refractivity contribution in [3.63, 3.8) is 0 Å². The summed E-state index contributed by atoms with van der Waals surface area (Å²) in [6.07, 6.45) is 1.50. The number of halogens is 1. The Bertz CT molecular complexity index is 812. The van der Waals surface area contributed by atoms with E-state index in [2.05, 4.69) is 15.3 Å². The molecular formula is C15H13ClN4O. The maximum atomic E-state index is 12.3. The van der Waals surface area contributed by atoms with E-state index in [1.165, 1.54) is 12.3 Å². The quantitative estimate of drug-likeness (QED) is 0.755. The molecule has 0 aliphatic heterocycles. The van der Waals surface area contributed by atoms with Crippen LogP contribution in [0, 0.1) is 0 Å². The van der Waals surface area contributed by atoms with Crippen LogP contribution in [0.25, 0.3) is 11.0 Å². The van der Waals surface area contributed by atoms with E-state index in [0.717, 1.165) is 11.0 Å². The molecular weight excluding hydrogens is 288 g/mol. The average molecular weight is 301 g/mol. The van der Waals surface area contributed by atoms with Crippen LogP contribution in [0.3, 0.4) is 0 Å². The fourth-order valence-electron chi connectivity index (χ4n) is 2.21. The molecule has 21 heavy (non-hydrogen) atoms. The highest BCUT2D eigenvalue weighted by Gasteiger charge is 2.13. The van der Waals surface area contributed by atoms with Gasteiger partial charge >= 0.3 is 0 Å². The van der Waals surface area contributed by atoms with Gasteiger partial charge in [-0.1, -0.05) is 23.7 Å². The number of imidazole rings is 1. The molecule has 106 valence electrons. The number of amides is 1. The highest BCUT2D eigenvalue weighted by Crippen LogP contribution is 2.20. The van der Waals surface area contributed by atoms with Crippen molar-refractivity contribution in [2.75, 3.05) is 5.32 Å². The molecule has 0 saturated heterocycles. The first-order valence-electron chi connectivity index (χ1n) is 6.57. The third-order valence-electron chi connectivity index (χ3n) is 3.18. The number of nitrogens with zero attached hydrogens (tertiary/aromatic N) is 3. The van der Waals surface area contributed by atoms with Crippen molar-refractivity contribution < 1.29 is 4.79 Å². The number of nitrogens with one attached hydrogen (secondary N) is 1. The lowest BCUT2D eigenvalue weighted by Gasteiger charge is -2.07. The minimum absolute atomic E-state index is 0.260. The van der Waals surface area contributed by atoms with Crippen LogP contribution < -0.4 is 5.32 Å². The van der Waals surface area contributed by atoms with Crippen molar-refractivity contribution in [2.24, 2.45) is 0 Å². The minimum atomic E-state index is -0.260. The van der Waals surface area contributed by atoms with Gasteiger partial charge < -0.3 is 4.57 Å². The lowest BCUT2D eigenvalue weighted by atomic mass is 10.2. The van der Waals surface area contributed by atoms with E-state index >= 15 is 0 Å². The molecule has 0 spiro atoms. The van der Waals surface area contributed by atoms with E-state index in [4.69, 9.17) is 11.6 Å². The van der Waals surface area contributed by atoms with Gasteiger partial charge in [0.25, 0.3) is 5.91 Å². The van der Waals surface area contributed by atoms with Crippen LogP contribution in [-0.4, -0.2) is 20.4 Å². The van der Waals surface area contributed by atoms with Crippen LogP contribution in [0.1, 0.15) is 17.3 Å². The van der Waals surface area contributed by atoms with Crippen molar-refractivity contribution in [3.05, 3.63) is 53.3 Å². The molecule has 1 amide bonds. The standard InChI is InChI=1S/C15H13ClN4O/c1-2-20-12-6-4-3-5-11(12)18-15(20)19-14(21)10-7-8-17-13(16)9-10/h3-9H,2H2,1H3,(H,18,19,21). The summed E-state index contributed by atoms with van der Waals surface area (Å²) in [5.74, 6) is 0.265. The number of para-hydroxylation sites is 2. The van der Waals surface area contributed by atoms with Gasteiger partial charge in [-0.2, -0.15) is 0 Å². The van der Waals surface area contributed by atoms with Gasteiger partial charge in [-0.05, 0) is 31.2 Å². The number of hydrogen-bond acceptors (Lipinski definition) is 3. The number of benzene rings is 1. The molecule has 2 aromatic heterocycles. The van der Waals surface area contributed by atoms with Gasteiger partial charge in [0.15, 0.2) is 0 Å². The Labute approximate surface area is 126 Å². The van der Waals surface area contributed by atoms with Gasteiger partial charge in [-0.25, -0.2) is 9.97 Å². The van der Waals surface area contributed by atoms with Crippen molar-refractivity contribution in [1.82, 2.24) is 14.5 Å². The summed E-state index contributed by atoms with van der Waals surface area (Å²) in [4.78, 5) is 20.6. The summed E-state index contributed by atoms with van der Waals surface area (Å²) in [6, 6.07) is 10.9. The average Bonchev–Trinajstić information content (AvgIpc) is 2.84. The van der Waals surface area contributed by atoms with E-state index in [9.17, 15) is 4.79 Å². The Morgan fingerprint density at radius 1 is 1.33 bits per heavy atom. The van der Waals surface area contributed by atoms with Crippen molar-refractivity contribution in [3.8, 4) is 0 Å². The maximum absolute atomic E-state index is 12.3. The van der Waals surface area contributed by atoms with Gasteiger partial charge in [0.1, 0.15) is 5.15 Å². The summed E-state index contributed by atoms with van der Waals surface area (Å²) in [5, 5.41) is 3.10. The predicted molar refractivity (Wildman–Crippen MR) is 82.6 cm³/mol. The van der Waals surface area contributed by atoms with Crippen molar-refractivity contribution in [2.45, 2.75) is 13.5 Å². The third kappa shape index (κ3) is 2.60. The van der Waals surface area contributed by atoms with Gasteiger partial charge in [-0.3, -0.25) is 10.1 Å². The lowest BCUT2D eigenvalue weighted by molar-refractivity contribution is 0.102. The number of aryl methyl sites for hydroxylation is 1. The summed E-state index contributed by atoms with van der Waals surface area (Å²) in [7, 11) is 0. The summed E-state index contributed by atoms with van der Waals surface area (Å²) >= 11 is 5.80. The van der Waals surface area contributed by atoms with E-state index in [0.29, 0.717) is 18.1 Å². The second-order valence-electron chi connectivity index (χ2n) is 4.49. The summed E-state index contributed by atoms with van der Waals surface area (Å²) < 4.78 is 1.95. The van der Waals surface area contributed by atoms with Gasteiger partial charge in [-0.15, -0.1) is 0 Å². The first-order chi connectivity index (χ1) is 10.2. The molecule has 0 fully saturated rings. The first-order valence-corrected chi connectivity index (χ1v) is 6.95. The monoisotopic (exact) mass is 300 g/mol. The molecule has 1 N–H and O–H groups in total. The van der Waals surface area contributed by atoms with Crippen molar-refractivity contribution in [1.29, 1.82) is 0 Å². The zero-order chi connectivity index (χ0) is 14.8. The molecule has 6 heteroatoms. The number of carbonyl (C=O) groups excluding carboxylic acids is 1. The minimum Gasteiger partial charge on any atom is -0.310 e. The molecule has 0 unspecified atom stereocenters. The Hall–Kier alpha value is -2.40. The summed E-state index contributed by atoms with van der Waals surface area (Å²) in [5.41, 5.74) is 2.29. The number of anilines is 1. The molecule has 0 radical (unpaired) electrons. The van der Waals surface area contributed by atoms with Gasteiger partial charge in [0.05, 0.1) is 11.0 Å². The van der Waals surface area contributed by atoms with Crippen LogP contribution in [0.2, 0.25) is 5.15 Å². The molecule has 1 aromatic carbocycles. The Morgan fingerprint density at radius 3 is 2.90 bits per heavy atom. The molecule has 2 heterocycles. The van der Waals surface area contributed by atoms with E-state index in [-0.39, 0.29) is 11.1 Å². The van der Waals surface area contributed by atoms with E-state index in [1.54, 1.807) is 6.07 Å². The number of hydrogen-bond donors (Lipinski definition) is 1. The molecule has 0 bridgehead atoms. The smallest absolute Gasteiger partial charge is 0.258 e. The SMILES string of the molecule is CCn1c(NC(=O)c2ccnc(Cl)c2)nc2ccccc21. The molecule has 0 atom stereocenters. The Balaban J connectivity index is 1.96. The number of pyridine rings is 1. The normalized spacial score (nSPS) is 10.8. The molecule has 5 nitrogen and oxygen atoms in total. The molecule has 0 aliphatic carbocycles. The fraction of sp³-hybridized carbons (Fsp3) is 0.133. The van der Waals surface area contributed by atoms with Crippen LogP contribution in [0.4, 0.5) is 5.95 Å². The third-order valence-corrected chi connectivity index (χ3v) is 3.39. The highest BCUT2D eigenvalue weighted by atomic mass is 35.5. The second kappa shape index (κ2) is 5.54. The topological polar surface area (TPSA) is 59.8 Å². The fourth-order valence-corrected chi connectivity index (χ4v) is 2.38. The molecule has 3 aromatic rings.